The van der Waals surface area contributed by atoms with E-state index in [4.69, 9.17) is 4.74 Å². The van der Waals surface area contributed by atoms with Crippen molar-refractivity contribution in [2.75, 3.05) is 0 Å². The van der Waals surface area contributed by atoms with E-state index in [9.17, 15) is 14.4 Å². The largest absolute Gasteiger partial charge is 0.444 e. The third-order valence-corrected chi connectivity index (χ3v) is 7.27. The lowest BCUT2D eigenvalue weighted by Crippen LogP contribution is -2.57. The molecule has 0 heterocycles. The topological polar surface area (TPSA) is 87.7 Å². The second kappa shape index (κ2) is 15.0. The number of carbonyl (C=O) groups is 3. The highest BCUT2D eigenvalue weighted by molar-refractivity contribution is 5.92. The van der Waals surface area contributed by atoms with Crippen LogP contribution < -0.4 is 10.6 Å². The second-order valence-corrected chi connectivity index (χ2v) is 12.8. The molecule has 7 nitrogen and oxygen atoms in total. The predicted octanol–water partition coefficient (Wildman–Crippen LogP) is 6.86. The van der Waals surface area contributed by atoms with E-state index in [1.54, 1.807) is 25.7 Å². The van der Waals surface area contributed by atoms with Crippen molar-refractivity contribution in [1.82, 2.24) is 15.5 Å². The normalized spacial score (nSPS) is 13.9. The molecule has 2 N–H and O–H groups in total. The van der Waals surface area contributed by atoms with Crippen molar-refractivity contribution in [3.63, 3.8) is 0 Å². The number of rotatable bonds is 12. The predicted molar refractivity (Wildman–Crippen MR) is 165 cm³/mol. The van der Waals surface area contributed by atoms with Gasteiger partial charge in [-0.15, -0.1) is 0 Å². The summed E-state index contributed by atoms with van der Waals surface area (Å²) >= 11 is 0. The van der Waals surface area contributed by atoms with Gasteiger partial charge in [-0.3, -0.25) is 9.59 Å². The van der Waals surface area contributed by atoms with Gasteiger partial charge in [-0.05, 0) is 88.5 Å². The van der Waals surface area contributed by atoms with Crippen LogP contribution in [0.3, 0.4) is 0 Å². The van der Waals surface area contributed by atoms with Crippen molar-refractivity contribution in [2.45, 2.75) is 112 Å². The van der Waals surface area contributed by atoms with E-state index in [0.29, 0.717) is 18.9 Å². The molecule has 0 radical (unpaired) electrons. The van der Waals surface area contributed by atoms with Gasteiger partial charge in [0.05, 0.1) is 0 Å². The molecule has 3 atom stereocenters. The maximum atomic E-state index is 14.5. The molecule has 226 valence electrons. The maximum Gasteiger partial charge on any atom is 0.408 e. The molecule has 3 unspecified atom stereocenters. The molecule has 7 heteroatoms. The molecule has 0 saturated heterocycles. The Bertz CT molecular complexity index is 1150. The molecule has 0 bridgehead atoms. The van der Waals surface area contributed by atoms with Crippen LogP contribution in [-0.4, -0.2) is 40.5 Å². The van der Waals surface area contributed by atoms with Gasteiger partial charge in [-0.1, -0.05) is 76.2 Å². The molecule has 0 aliphatic heterocycles. The van der Waals surface area contributed by atoms with Crippen molar-refractivity contribution in [2.24, 2.45) is 11.8 Å². The van der Waals surface area contributed by atoms with Crippen LogP contribution in [0.2, 0.25) is 0 Å². The van der Waals surface area contributed by atoms with Crippen LogP contribution in [0.4, 0.5) is 4.79 Å². The van der Waals surface area contributed by atoms with E-state index in [2.05, 4.69) is 24.5 Å². The minimum absolute atomic E-state index is 0.235. The van der Waals surface area contributed by atoms with Gasteiger partial charge in [0.15, 0.2) is 0 Å². The van der Waals surface area contributed by atoms with Crippen LogP contribution in [0.15, 0.2) is 48.5 Å². The first-order valence-electron chi connectivity index (χ1n) is 14.8. The van der Waals surface area contributed by atoms with Gasteiger partial charge in [-0.25, -0.2) is 4.79 Å². The second-order valence-electron chi connectivity index (χ2n) is 12.8. The number of aryl methyl sites for hydroxylation is 1. The number of carbonyl (C=O) groups excluding carboxylic acids is 3. The summed E-state index contributed by atoms with van der Waals surface area (Å²) in [5.74, 6) is -0.363. The van der Waals surface area contributed by atoms with Gasteiger partial charge in [0.1, 0.15) is 17.7 Å². The monoisotopic (exact) mass is 565 g/mol. The Hall–Kier alpha value is -3.35. The van der Waals surface area contributed by atoms with Crippen LogP contribution in [-0.2, 0) is 20.9 Å². The first kappa shape index (κ1) is 33.9. The molecule has 2 rings (SSSR count). The third-order valence-electron chi connectivity index (χ3n) is 7.27. The molecular weight excluding hydrogens is 514 g/mol. The van der Waals surface area contributed by atoms with Gasteiger partial charge in [0.2, 0.25) is 11.8 Å². The quantitative estimate of drug-likeness (QED) is 0.294. The highest BCUT2D eigenvalue weighted by Gasteiger charge is 2.40. The van der Waals surface area contributed by atoms with Gasteiger partial charge >= 0.3 is 6.09 Å². The summed E-state index contributed by atoms with van der Waals surface area (Å²) in [4.78, 5) is 43.2. The van der Waals surface area contributed by atoms with E-state index in [-0.39, 0.29) is 23.8 Å². The molecular formula is C34H51N3O4. The van der Waals surface area contributed by atoms with Gasteiger partial charge in [-0.2, -0.15) is 0 Å². The summed E-state index contributed by atoms with van der Waals surface area (Å²) < 4.78 is 5.50. The Kier molecular flexibility index (Phi) is 12.4. The van der Waals surface area contributed by atoms with E-state index >= 15 is 0 Å². The highest BCUT2D eigenvalue weighted by atomic mass is 16.6. The zero-order valence-electron chi connectivity index (χ0n) is 26.7. The summed E-state index contributed by atoms with van der Waals surface area (Å²) in [5.41, 5.74) is 3.04. The molecule has 41 heavy (non-hydrogen) atoms. The fraction of sp³-hybridized carbons (Fsp3) is 0.559. The number of nitrogens with one attached hydrogen (secondary N) is 2. The molecule has 0 spiro atoms. The molecule has 0 aliphatic carbocycles. The minimum Gasteiger partial charge on any atom is -0.444 e. The fourth-order valence-electron chi connectivity index (χ4n) is 4.79. The Morgan fingerprint density at radius 1 is 0.878 bits per heavy atom. The lowest BCUT2D eigenvalue weighted by molar-refractivity contribution is -0.146. The number of benzene rings is 2. The molecule has 3 amide bonds. The van der Waals surface area contributed by atoms with Crippen molar-refractivity contribution >= 4 is 17.9 Å². The van der Waals surface area contributed by atoms with Crippen LogP contribution in [0.5, 0.6) is 0 Å². The summed E-state index contributed by atoms with van der Waals surface area (Å²) in [6.45, 7) is 19.8. The SMILES string of the molecule is Cc1cccc(C(C(=O)NCc2ccccc2)N(C(=O)C(NC(=O)OC(C)(C)C)C(C)C)C(C)CCC(C)C)c1C. The number of ether oxygens (including phenoxy) is 1. The smallest absolute Gasteiger partial charge is 0.408 e. The van der Waals surface area contributed by atoms with E-state index < -0.39 is 23.8 Å². The zero-order chi connectivity index (χ0) is 30.9. The van der Waals surface area contributed by atoms with Crippen molar-refractivity contribution in [3.05, 3.63) is 70.8 Å². The van der Waals surface area contributed by atoms with Crippen LogP contribution in [0.1, 0.15) is 96.5 Å². The lowest BCUT2D eigenvalue weighted by atomic mass is 9.91. The third kappa shape index (κ3) is 10.2. The Morgan fingerprint density at radius 2 is 1.51 bits per heavy atom. The first-order valence-corrected chi connectivity index (χ1v) is 14.8. The van der Waals surface area contributed by atoms with E-state index in [1.807, 2.05) is 83.1 Å². The Balaban J connectivity index is 2.61. The highest BCUT2D eigenvalue weighted by Crippen LogP contribution is 2.31. The minimum atomic E-state index is -0.880. The summed E-state index contributed by atoms with van der Waals surface area (Å²) in [7, 11) is 0. The first-order chi connectivity index (χ1) is 19.1. The number of alkyl carbamates (subject to hydrolysis) is 1. The fourth-order valence-corrected chi connectivity index (χ4v) is 4.79. The standard InChI is InChI=1S/C34H51N3O4/c1-22(2)19-20-25(6)37(32(39)29(23(3)4)36-33(40)41-34(8,9)10)30(28-18-14-15-24(5)26(28)7)31(38)35-21-27-16-12-11-13-17-27/h11-18,22-23,25,29-30H,19-21H2,1-10H3,(H,35,38)(H,36,40). The molecule has 0 aliphatic rings. The number of amides is 3. The summed E-state index contributed by atoms with van der Waals surface area (Å²) in [5, 5.41) is 5.91. The Labute approximate surface area is 247 Å². The summed E-state index contributed by atoms with van der Waals surface area (Å²) in [6, 6.07) is 13.6. The average Bonchev–Trinajstić information content (AvgIpc) is 2.88. The Morgan fingerprint density at radius 3 is 2.07 bits per heavy atom. The van der Waals surface area contributed by atoms with Gasteiger partial charge in [0.25, 0.3) is 0 Å². The van der Waals surface area contributed by atoms with E-state index in [0.717, 1.165) is 28.7 Å². The zero-order valence-corrected chi connectivity index (χ0v) is 26.7. The van der Waals surface area contributed by atoms with Crippen molar-refractivity contribution < 1.29 is 19.1 Å². The van der Waals surface area contributed by atoms with Gasteiger partial charge < -0.3 is 20.3 Å². The number of nitrogens with zero attached hydrogens (tertiary/aromatic N) is 1. The lowest BCUT2D eigenvalue weighted by Gasteiger charge is -2.40. The van der Waals surface area contributed by atoms with E-state index in [1.165, 1.54) is 0 Å². The summed E-state index contributed by atoms with van der Waals surface area (Å²) in [6.07, 6.45) is 0.951. The van der Waals surface area contributed by atoms with Gasteiger partial charge in [0, 0.05) is 12.6 Å². The van der Waals surface area contributed by atoms with Crippen molar-refractivity contribution in [1.29, 1.82) is 0 Å². The molecule has 2 aromatic carbocycles. The van der Waals surface area contributed by atoms with Crippen LogP contribution in [0, 0.1) is 25.7 Å². The maximum absolute atomic E-state index is 14.5. The molecule has 0 saturated carbocycles. The van der Waals surface area contributed by atoms with Crippen molar-refractivity contribution in [3.8, 4) is 0 Å². The van der Waals surface area contributed by atoms with Crippen LogP contribution >= 0.6 is 0 Å². The molecule has 0 fully saturated rings. The number of hydrogen-bond acceptors (Lipinski definition) is 4. The average molecular weight is 566 g/mol. The molecule has 2 aromatic rings. The number of hydrogen-bond donors (Lipinski definition) is 2. The molecule has 0 aromatic heterocycles. The van der Waals surface area contributed by atoms with Crippen LogP contribution in [0.25, 0.3) is 0 Å².